The van der Waals surface area contributed by atoms with Gasteiger partial charge in [0.2, 0.25) is 0 Å². The van der Waals surface area contributed by atoms with Crippen LogP contribution < -0.4 is 5.11 Å². The number of carboxylic acid groups (broad SMARTS) is 1. The average Bonchev–Trinajstić information content (AvgIpc) is 3.11. The Morgan fingerprint density at radius 1 is 0.566 bits per heavy atom. The van der Waals surface area contributed by atoms with Crippen LogP contribution in [0.15, 0.2) is 36.5 Å². The molecule has 0 saturated carbocycles. The Kier molecular flexibility index (Phi) is 34.8. The molecule has 0 aromatic carbocycles. The number of quaternary nitrogens is 1. The molecular formula is C45H81NO7. The highest BCUT2D eigenvalue weighted by molar-refractivity contribution is 5.70. The van der Waals surface area contributed by atoms with Gasteiger partial charge in [-0.3, -0.25) is 9.59 Å². The molecule has 0 amide bonds. The van der Waals surface area contributed by atoms with E-state index in [0.29, 0.717) is 12.8 Å². The molecule has 0 radical (unpaired) electrons. The van der Waals surface area contributed by atoms with E-state index in [0.717, 1.165) is 44.9 Å². The van der Waals surface area contributed by atoms with Crippen molar-refractivity contribution in [3.8, 4) is 0 Å². The molecule has 0 bridgehead atoms. The van der Waals surface area contributed by atoms with Gasteiger partial charge in [-0.05, 0) is 57.8 Å². The van der Waals surface area contributed by atoms with E-state index in [2.05, 4.69) is 44.2 Å². The summed E-state index contributed by atoms with van der Waals surface area (Å²) < 4.78 is 17.0. The largest absolute Gasteiger partial charge is 0.544 e. The van der Waals surface area contributed by atoms with Gasteiger partial charge in [0.1, 0.15) is 12.6 Å². The van der Waals surface area contributed by atoms with E-state index in [1.54, 1.807) is 21.1 Å². The van der Waals surface area contributed by atoms with Gasteiger partial charge in [-0.15, -0.1) is 0 Å². The van der Waals surface area contributed by atoms with E-state index in [1.807, 2.05) is 6.08 Å². The first-order chi connectivity index (χ1) is 25.6. The minimum atomic E-state index is -1.13. The summed E-state index contributed by atoms with van der Waals surface area (Å²) >= 11 is 0. The first-order valence-corrected chi connectivity index (χ1v) is 21.5. The number of rotatable bonds is 38. The highest BCUT2D eigenvalue weighted by Crippen LogP contribution is 2.13. The number of unbranched alkanes of at least 4 members (excludes halogenated alkanes) is 18. The number of ether oxygens (including phenoxy) is 3. The highest BCUT2D eigenvalue weighted by atomic mass is 16.6. The number of nitrogens with zero attached hydrogens (tertiary/aromatic N) is 1. The Bertz CT molecular complexity index is 968. The molecule has 8 heteroatoms. The van der Waals surface area contributed by atoms with Gasteiger partial charge in [-0.1, -0.05) is 140 Å². The van der Waals surface area contributed by atoms with Crippen LogP contribution in [0.5, 0.6) is 0 Å². The van der Waals surface area contributed by atoms with E-state index in [1.165, 1.54) is 96.3 Å². The lowest BCUT2D eigenvalue weighted by atomic mass is 10.1. The number of allylic oxidation sites excluding steroid dienone is 6. The predicted octanol–water partition coefficient (Wildman–Crippen LogP) is 10.1. The molecule has 0 heterocycles. The number of likely N-dealkylation sites (N-methyl/N-ethyl adjacent to an activating group) is 1. The van der Waals surface area contributed by atoms with Gasteiger partial charge >= 0.3 is 11.9 Å². The first kappa shape index (κ1) is 50.5. The van der Waals surface area contributed by atoms with Crippen LogP contribution in [0.4, 0.5) is 0 Å². The first-order valence-electron chi connectivity index (χ1n) is 21.5. The maximum absolute atomic E-state index is 12.7. The molecule has 0 aliphatic heterocycles. The van der Waals surface area contributed by atoms with E-state index in [-0.39, 0.29) is 49.1 Å². The van der Waals surface area contributed by atoms with Gasteiger partial charge in [0.25, 0.3) is 0 Å². The van der Waals surface area contributed by atoms with Crippen LogP contribution in [0.3, 0.4) is 0 Å². The molecule has 2 atom stereocenters. The highest BCUT2D eigenvalue weighted by Gasteiger charge is 2.25. The molecule has 0 spiro atoms. The number of carboxylic acids is 1. The minimum absolute atomic E-state index is 0.0263. The fourth-order valence-electron chi connectivity index (χ4n) is 6.12. The van der Waals surface area contributed by atoms with Crippen LogP contribution in [-0.4, -0.2) is 75.5 Å². The van der Waals surface area contributed by atoms with Crippen LogP contribution >= 0.6 is 0 Å². The normalized spacial score (nSPS) is 13.3. The van der Waals surface area contributed by atoms with E-state index in [9.17, 15) is 19.5 Å². The minimum Gasteiger partial charge on any atom is -0.544 e. The van der Waals surface area contributed by atoms with Crippen molar-refractivity contribution in [2.45, 2.75) is 193 Å². The molecule has 0 N–H and O–H groups in total. The zero-order chi connectivity index (χ0) is 39.3. The summed E-state index contributed by atoms with van der Waals surface area (Å²) in [7, 11) is 5.38. The smallest absolute Gasteiger partial charge is 0.306 e. The van der Waals surface area contributed by atoms with Gasteiger partial charge in [0.05, 0.1) is 40.3 Å². The summed E-state index contributed by atoms with van der Waals surface area (Å²) in [5, 5.41) is 11.6. The molecule has 8 nitrogen and oxygen atoms in total. The Labute approximate surface area is 325 Å². The summed E-state index contributed by atoms with van der Waals surface area (Å²) in [5.74, 6) is -1.81. The van der Waals surface area contributed by atoms with Crippen LogP contribution in [0.1, 0.15) is 181 Å². The van der Waals surface area contributed by atoms with Crippen molar-refractivity contribution in [1.29, 1.82) is 0 Å². The molecule has 0 saturated heterocycles. The monoisotopic (exact) mass is 748 g/mol. The standard InChI is InChI=1S/C45H81NO7/c1-6-8-10-12-14-15-16-17-18-19-20-21-22-23-24-25-26-27-28-30-32-34-36-44(48)53-41(39-51-38-37-42(45(49)50)46(3,4)5)40-52-43(47)35-33-31-29-13-11-9-7-2/h19-20,22-23,29,31,41-42H,6-18,21,24-28,30,32-40H2,1-5H3/b20-19+,23-22+,31-29+. The molecule has 308 valence electrons. The third-order valence-electron chi connectivity index (χ3n) is 9.51. The second-order valence-electron chi connectivity index (χ2n) is 15.6. The van der Waals surface area contributed by atoms with Gasteiger partial charge in [0.15, 0.2) is 6.10 Å². The van der Waals surface area contributed by atoms with E-state index < -0.39 is 18.1 Å². The lowest BCUT2D eigenvalue weighted by Gasteiger charge is -2.34. The summed E-state index contributed by atoms with van der Waals surface area (Å²) in [4.78, 5) is 36.6. The fourth-order valence-corrected chi connectivity index (χ4v) is 6.12. The number of carbonyl (C=O) groups is 3. The number of hydrogen-bond donors (Lipinski definition) is 0. The van der Waals surface area contributed by atoms with Crippen molar-refractivity contribution in [2.24, 2.45) is 0 Å². The Morgan fingerprint density at radius 2 is 1.04 bits per heavy atom. The second-order valence-corrected chi connectivity index (χ2v) is 15.6. The lowest BCUT2D eigenvalue weighted by molar-refractivity contribution is -0.889. The van der Waals surface area contributed by atoms with Crippen molar-refractivity contribution in [1.82, 2.24) is 0 Å². The summed E-state index contributed by atoms with van der Waals surface area (Å²) in [5.41, 5.74) is 0. The van der Waals surface area contributed by atoms with Crippen LogP contribution in [0.25, 0.3) is 0 Å². The quantitative estimate of drug-likeness (QED) is 0.0268. The third kappa shape index (κ3) is 35.0. The van der Waals surface area contributed by atoms with Crippen LogP contribution in [-0.2, 0) is 28.6 Å². The van der Waals surface area contributed by atoms with Gasteiger partial charge in [-0.25, -0.2) is 0 Å². The topological polar surface area (TPSA) is 102 Å². The molecule has 0 aromatic rings. The molecule has 0 aromatic heterocycles. The third-order valence-corrected chi connectivity index (χ3v) is 9.51. The maximum atomic E-state index is 12.7. The number of hydrogen-bond acceptors (Lipinski definition) is 7. The lowest BCUT2D eigenvalue weighted by Crippen LogP contribution is -2.55. The molecule has 0 aliphatic rings. The Balaban J connectivity index is 4.23. The SMILES string of the molecule is CCCCC/C=C/CCC(=O)OCC(COCCC(C(=O)[O-])[N+](C)(C)C)OC(=O)CCCCCCCCC/C=C/C/C=C/CCCCCCCCCC. The van der Waals surface area contributed by atoms with Crippen molar-refractivity contribution in [3.63, 3.8) is 0 Å². The summed E-state index contributed by atoms with van der Waals surface area (Å²) in [6.07, 6.45) is 40.6. The fraction of sp³-hybridized carbons (Fsp3) is 0.800. The average molecular weight is 748 g/mol. The van der Waals surface area contributed by atoms with E-state index in [4.69, 9.17) is 14.2 Å². The molecule has 0 aliphatic carbocycles. The number of carbonyl (C=O) groups excluding carboxylic acids is 3. The van der Waals surface area contributed by atoms with Crippen molar-refractivity contribution in [3.05, 3.63) is 36.5 Å². The zero-order valence-electron chi connectivity index (χ0n) is 34.9. The van der Waals surface area contributed by atoms with Gasteiger partial charge in [0, 0.05) is 19.3 Å². The summed E-state index contributed by atoms with van der Waals surface area (Å²) in [6.45, 7) is 4.54. The molecule has 0 fully saturated rings. The Morgan fingerprint density at radius 3 is 1.58 bits per heavy atom. The predicted molar refractivity (Wildman–Crippen MR) is 217 cm³/mol. The van der Waals surface area contributed by atoms with Crippen molar-refractivity contribution >= 4 is 17.9 Å². The Hall–Kier alpha value is -2.45. The van der Waals surface area contributed by atoms with Crippen LogP contribution in [0, 0.1) is 0 Å². The van der Waals surface area contributed by atoms with E-state index >= 15 is 0 Å². The van der Waals surface area contributed by atoms with Crippen molar-refractivity contribution < 1.29 is 38.2 Å². The second kappa shape index (κ2) is 36.5. The molecule has 53 heavy (non-hydrogen) atoms. The molecule has 2 unspecified atom stereocenters. The van der Waals surface area contributed by atoms with Gasteiger partial charge in [-0.2, -0.15) is 0 Å². The number of esters is 2. The molecule has 0 rings (SSSR count). The summed E-state index contributed by atoms with van der Waals surface area (Å²) in [6, 6.07) is -0.729. The van der Waals surface area contributed by atoms with Gasteiger partial charge < -0.3 is 28.6 Å². The maximum Gasteiger partial charge on any atom is 0.306 e. The van der Waals surface area contributed by atoms with Crippen molar-refractivity contribution in [2.75, 3.05) is 41.0 Å². The van der Waals surface area contributed by atoms with Crippen LogP contribution in [0.2, 0.25) is 0 Å². The number of aliphatic carboxylic acids is 1. The zero-order valence-corrected chi connectivity index (χ0v) is 34.9. The molecular weight excluding hydrogens is 666 g/mol.